The van der Waals surface area contributed by atoms with Crippen molar-refractivity contribution in [2.75, 3.05) is 14.7 Å². The molecule has 3 aliphatic heterocycles. The van der Waals surface area contributed by atoms with E-state index in [-0.39, 0.29) is 45.1 Å². The standard InChI is InChI=1S/C65H71BFN3/c1-60(2,3)42-22-18-23-47(34-42)68-56-37-45(63(10,11)12)24-28-51(56)66-52-36-44(62(7,8)9)26-30-55(52)69(53-29-25-43(61(4,5)6)35-49(53)41-20-16-15-17-21-41)58-40-48(39-57(68)59(58)66)70-54-31-27-46(67)38-50(54)64(13)32-19-33-65(64,70)14/h15-18,20-31,34-40H,19,32-33H2,1-14H3. The molecule has 0 aromatic heterocycles. The van der Waals surface area contributed by atoms with Crippen molar-refractivity contribution in [1.29, 1.82) is 0 Å². The normalized spacial score (nSPS) is 19.5. The molecule has 0 N–H and O–H groups in total. The second kappa shape index (κ2) is 15.5. The molecular formula is C65H71BFN3. The highest BCUT2D eigenvalue weighted by molar-refractivity contribution is 7.00. The fourth-order valence-electron chi connectivity index (χ4n) is 12.7. The Hall–Kier alpha value is -6.07. The van der Waals surface area contributed by atoms with E-state index in [1.165, 1.54) is 72.5 Å². The number of halogens is 1. The van der Waals surface area contributed by atoms with Crippen LogP contribution in [0.2, 0.25) is 0 Å². The minimum Gasteiger partial charge on any atom is -0.334 e. The maximum Gasteiger partial charge on any atom is 0.252 e. The van der Waals surface area contributed by atoms with Crippen molar-refractivity contribution >= 4 is 68.6 Å². The first-order valence-corrected chi connectivity index (χ1v) is 25.9. The van der Waals surface area contributed by atoms with E-state index >= 15 is 4.39 Å². The van der Waals surface area contributed by atoms with Crippen LogP contribution in [-0.2, 0) is 27.1 Å². The molecule has 1 fully saturated rings. The average molecular weight is 924 g/mol. The molecule has 3 nitrogen and oxygen atoms in total. The van der Waals surface area contributed by atoms with Gasteiger partial charge in [0, 0.05) is 50.8 Å². The van der Waals surface area contributed by atoms with Crippen LogP contribution in [0.15, 0.2) is 140 Å². The summed E-state index contributed by atoms with van der Waals surface area (Å²) in [5.74, 6) is -0.167. The van der Waals surface area contributed by atoms with Gasteiger partial charge in [-0.15, -0.1) is 0 Å². The van der Waals surface area contributed by atoms with Crippen LogP contribution in [0.3, 0.4) is 0 Å². The summed E-state index contributed by atoms with van der Waals surface area (Å²) >= 11 is 0. The number of nitrogens with zero attached hydrogens (tertiary/aromatic N) is 3. The van der Waals surface area contributed by atoms with Gasteiger partial charge in [-0.25, -0.2) is 4.39 Å². The molecule has 11 rings (SSSR count). The van der Waals surface area contributed by atoms with Gasteiger partial charge in [0.2, 0.25) is 0 Å². The lowest BCUT2D eigenvalue weighted by molar-refractivity contribution is 0.330. The molecule has 70 heavy (non-hydrogen) atoms. The summed E-state index contributed by atoms with van der Waals surface area (Å²) in [4.78, 5) is 7.85. The highest BCUT2D eigenvalue weighted by atomic mass is 19.1. The topological polar surface area (TPSA) is 9.72 Å². The Morgan fingerprint density at radius 1 is 0.457 bits per heavy atom. The summed E-state index contributed by atoms with van der Waals surface area (Å²) in [6.07, 6.45) is 3.11. The van der Waals surface area contributed by atoms with Crippen molar-refractivity contribution in [3.63, 3.8) is 0 Å². The van der Waals surface area contributed by atoms with Gasteiger partial charge in [0.1, 0.15) is 5.82 Å². The Balaban J connectivity index is 1.31. The first-order chi connectivity index (χ1) is 32.9. The summed E-state index contributed by atoms with van der Waals surface area (Å²) < 4.78 is 15.6. The summed E-state index contributed by atoms with van der Waals surface area (Å²) in [5.41, 5.74) is 21.2. The predicted octanol–water partition coefficient (Wildman–Crippen LogP) is 16.1. The van der Waals surface area contributed by atoms with Crippen LogP contribution in [-0.4, -0.2) is 12.3 Å². The molecule has 1 saturated carbocycles. The van der Waals surface area contributed by atoms with Crippen molar-refractivity contribution in [2.24, 2.45) is 0 Å². The molecule has 0 bridgehead atoms. The third-order valence-corrected chi connectivity index (χ3v) is 17.0. The molecule has 3 heterocycles. The maximum atomic E-state index is 15.6. The molecule has 1 aliphatic carbocycles. The number of hydrogen-bond donors (Lipinski definition) is 0. The van der Waals surface area contributed by atoms with Crippen molar-refractivity contribution in [2.45, 2.75) is 149 Å². The number of fused-ring (bicyclic) bond motifs is 7. The molecule has 356 valence electrons. The molecule has 7 aromatic rings. The van der Waals surface area contributed by atoms with E-state index in [4.69, 9.17) is 0 Å². The van der Waals surface area contributed by atoms with Gasteiger partial charge in [0.25, 0.3) is 6.71 Å². The van der Waals surface area contributed by atoms with Crippen LogP contribution in [0, 0.1) is 5.82 Å². The highest BCUT2D eigenvalue weighted by Gasteiger charge is 2.60. The SMILES string of the molecule is CC(C)(C)c1cccc(N2c3cc(C(C)(C)C)ccc3B3c4cc(C(C)(C)C)ccc4N(c4ccc(C(C)(C)C)cc4-c4ccccc4)c4cc(N5c6ccc(F)cc6C6(C)CCCC56C)cc2c43)c1. The number of rotatable bonds is 4. The zero-order chi connectivity index (χ0) is 49.7. The van der Waals surface area contributed by atoms with E-state index in [1.54, 1.807) is 6.07 Å². The second-order valence-corrected chi connectivity index (χ2v) is 25.7. The van der Waals surface area contributed by atoms with E-state index in [1.807, 2.05) is 6.07 Å². The second-order valence-electron chi connectivity index (χ2n) is 25.7. The van der Waals surface area contributed by atoms with Crippen LogP contribution >= 0.6 is 0 Å². The summed E-state index contributed by atoms with van der Waals surface area (Å²) in [5, 5.41) is 0. The summed E-state index contributed by atoms with van der Waals surface area (Å²) in [7, 11) is 0. The highest BCUT2D eigenvalue weighted by Crippen LogP contribution is 2.63. The fraction of sp³-hybridized carbons (Fsp3) is 0.354. The number of benzene rings is 7. The fourth-order valence-corrected chi connectivity index (χ4v) is 12.7. The van der Waals surface area contributed by atoms with E-state index in [0.29, 0.717) is 0 Å². The molecular weight excluding hydrogens is 853 g/mol. The Morgan fingerprint density at radius 2 is 1.04 bits per heavy atom. The molecule has 5 heteroatoms. The van der Waals surface area contributed by atoms with Crippen LogP contribution in [0.25, 0.3) is 11.1 Å². The predicted molar refractivity (Wildman–Crippen MR) is 299 cm³/mol. The Kier molecular flexibility index (Phi) is 10.2. The van der Waals surface area contributed by atoms with Gasteiger partial charge in [0.15, 0.2) is 0 Å². The van der Waals surface area contributed by atoms with Crippen LogP contribution < -0.4 is 31.1 Å². The summed E-state index contributed by atoms with van der Waals surface area (Å²) in [6.45, 7) is 32.7. The third kappa shape index (κ3) is 7.02. The molecule has 0 spiro atoms. The lowest BCUT2D eigenvalue weighted by Crippen LogP contribution is -2.61. The van der Waals surface area contributed by atoms with Gasteiger partial charge in [-0.1, -0.05) is 169 Å². The number of hydrogen-bond acceptors (Lipinski definition) is 3. The Morgan fingerprint density at radius 3 is 1.71 bits per heavy atom. The lowest BCUT2D eigenvalue weighted by Gasteiger charge is -2.47. The lowest BCUT2D eigenvalue weighted by atomic mass is 9.33. The Labute approximate surface area is 418 Å². The van der Waals surface area contributed by atoms with Crippen LogP contribution in [0.1, 0.15) is 144 Å². The van der Waals surface area contributed by atoms with E-state index in [2.05, 4.69) is 239 Å². The monoisotopic (exact) mass is 924 g/mol. The first-order valence-electron chi connectivity index (χ1n) is 25.9. The third-order valence-electron chi connectivity index (χ3n) is 17.0. The quantitative estimate of drug-likeness (QED) is 0.163. The zero-order valence-corrected chi connectivity index (χ0v) is 44.2. The van der Waals surface area contributed by atoms with Crippen molar-refractivity contribution < 1.29 is 4.39 Å². The molecule has 7 aromatic carbocycles. The van der Waals surface area contributed by atoms with Crippen LogP contribution in [0.4, 0.5) is 49.9 Å². The van der Waals surface area contributed by atoms with Gasteiger partial charge >= 0.3 is 0 Å². The van der Waals surface area contributed by atoms with E-state index in [0.717, 1.165) is 47.6 Å². The van der Waals surface area contributed by atoms with Gasteiger partial charge in [0.05, 0.1) is 11.2 Å². The van der Waals surface area contributed by atoms with E-state index < -0.39 is 0 Å². The average Bonchev–Trinajstić information content (AvgIpc) is 3.70. The summed E-state index contributed by atoms with van der Waals surface area (Å²) in [6, 6.07) is 52.7. The van der Waals surface area contributed by atoms with Gasteiger partial charge in [-0.3, -0.25) is 0 Å². The molecule has 0 radical (unpaired) electrons. The van der Waals surface area contributed by atoms with Gasteiger partial charge in [-0.05, 0) is 158 Å². The molecule has 0 saturated heterocycles. The largest absolute Gasteiger partial charge is 0.334 e. The van der Waals surface area contributed by atoms with Crippen molar-refractivity contribution in [1.82, 2.24) is 0 Å². The van der Waals surface area contributed by atoms with Gasteiger partial charge < -0.3 is 14.7 Å². The number of anilines is 8. The van der Waals surface area contributed by atoms with Crippen molar-refractivity contribution in [3.05, 3.63) is 173 Å². The maximum absolute atomic E-state index is 15.6. The molecule has 2 unspecified atom stereocenters. The first kappa shape index (κ1) is 46.3. The van der Waals surface area contributed by atoms with Crippen molar-refractivity contribution in [3.8, 4) is 11.1 Å². The van der Waals surface area contributed by atoms with Crippen LogP contribution in [0.5, 0.6) is 0 Å². The zero-order valence-electron chi connectivity index (χ0n) is 44.2. The van der Waals surface area contributed by atoms with Gasteiger partial charge in [-0.2, -0.15) is 0 Å². The minimum atomic E-state index is -0.283. The van der Waals surface area contributed by atoms with E-state index in [9.17, 15) is 0 Å². The molecule has 4 aliphatic rings. The molecule has 2 atom stereocenters. The minimum absolute atomic E-state index is 0.0556. The smallest absolute Gasteiger partial charge is 0.252 e. The molecule has 0 amide bonds. The Bertz CT molecular complexity index is 3250.